The molecule has 0 unspecified atom stereocenters. The first-order valence-electron chi connectivity index (χ1n) is 6.44. The van der Waals surface area contributed by atoms with Crippen molar-refractivity contribution in [2.75, 3.05) is 7.11 Å². The van der Waals surface area contributed by atoms with Gasteiger partial charge in [-0.2, -0.15) is 4.98 Å². The molecule has 2 heterocycles. The molecule has 0 saturated carbocycles. The van der Waals surface area contributed by atoms with Gasteiger partial charge in [0.2, 0.25) is 5.82 Å². The van der Waals surface area contributed by atoms with E-state index in [0.29, 0.717) is 16.8 Å². The number of fused-ring (bicyclic) bond motifs is 1. The van der Waals surface area contributed by atoms with E-state index in [2.05, 4.69) is 10.1 Å². The number of para-hydroxylation sites is 1. The van der Waals surface area contributed by atoms with Crippen molar-refractivity contribution in [2.45, 2.75) is 19.4 Å². The topological polar surface area (TPSA) is 78.4 Å². The van der Waals surface area contributed by atoms with Crippen LogP contribution in [-0.4, -0.2) is 17.3 Å². The van der Waals surface area contributed by atoms with E-state index in [-0.39, 0.29) is 17.1 Å². The van der Waals surface area contributed by atoms with Crippen molar-refractivity contribution >= 4 is 11.0 Å². The average Bonchev–Trinajstić information content (AvgIpc) is 2.98. The van der Waals surface area contributed by atoms with Crippen molar-refractivity contribution in [1.29, 1.82) is 0 Å². The molecule has 0 aliphatic rings. The summed E-state index contributed by atoms with van der Waals surface area (Å²) < 4.78 is 16.1. The molecule has 0 atom stereocenters. The van der Waals surface area contributed by atoms with Crippen LogP contribution in [0.4, 0.5) is 0 Å². The van der Waals surface area contributed by atoms with Crippen molar-refractivity contribution in [3.8, 4) is 11.7 Å². The van der Waals surface area contributed by atoms with Gasteiger partial charge in [0, 0.05) is 13.2 Å². The van der Waals surface area contributed by atoms with Crippen molar-refractivity contribution in [3.63, 3.8) is 0 Å². The predicted molar refractivity (Wildman–Crippen MR) is 75.8 cm³/mol. The van der Waals surface area contributed by atoms with E-state index >= 15 is 0 Å². The van der Waals surface area contributed by atoms with Crippen LogP contribution in [0.25, 0.3) is 22.6 Å². The van der Waals surface area contributed by atoms with Gasteiger partial charge in [0.25, 0.3) is 5.89 Å². The Kier molecular flexibility index (Phi) is 3.10. The molecule has 21 heavy (non-hydrogen) atoms. The molecular weight excluding hydrogens is 272 g/mol. The highest BCUT2D eigenvalue weighted by atomic mass is 16.5. The van der Waals surface area contributed by atoms with Crippen LogP contribution < -0.4 is 5.43 Å². The second kappa shape index (κ2) is 4.82. The average molecular weight is 286 g/mol. The van der Waals surface area contributed by atoms with Gasteiger partial charge in [0.15, 0.2) is 11.2 Å². The Labute approximate surface area is 120 Å². The third kappa shape index (κ3) is 2.34. The number of hydrogen-bond acceptors (Lipinski definition) is 6. The standard InChI is InChI=1S/C15H14N2O4/c1-15(2,19-3)14-16-13(21-17-14)12-8-10(18)9-6-4-5-7-11(9)20-12/h4-8H,1-3H3. The summed E-state index contributed by atoms with van der Waals surface area (Å²) in [5.74, 6) is 0.776. The second-order valence-electron chi connectivity index (χ2n) is 5.11. The van der Waals surface area contributed by atoms with Gasteiger partial charge in [-0.15, -0.1) is 0 Å². The van der Waals surface area contributed by atoms with E-state index in [0.717, 1.165) is 0 Å². The summed E-state index contributed by atoms with van der Waals surface area (Å²) in [5.41, 5.74) is -0.359. The first-order valence-corrected chi connectivity index (χ1v) is 6.44. The fraction of sp³-hybridized carbons (Fsp3) is 0.267. The van der Waals surface area contributed by atoms with Crippen LogP contribution in [-0.2, 0) is 10.3 Å². The molecule has 0 saturated heterocycles. The van der Waals surface area contributed by atoms with Crippen molar-refractivity contribution < 1.29 is 13.7 Å². The smallest absolute Gasteiger partial charge is 0.293 e. The van der Waals surface area contributed by atoms with Crippen LogP contribution >= 0.6 is 0 Å². The summed E-state index contributed by atoms with van der Waals surface area (Å²) in [6.45, 7) is 3.64. The number of methoxy groups -OCH3 is 1. The Morgan fingerprint density at radius 2 is 2.00 bits per heavy atom. The zero-order valence-corrected chi connectivity index (χ0v) is 11.9. The molecule has 0 radical (unpaired) electrons. The summed E-state index contributed by atoms with van der Waals surface area (Å²) >= 11 is 0. The van der Waals surface area contributed by atoms with E-state index in [4.69, 9.17) is 13.7 Å². The lowest BCUT2D eigenvalue weighted by Crippen LogP contribution is -2.21. The Balaban J connectivity index is 2.11. The molecule has 0 aliphatic carbocycles. The van der Waals surface area contributed by atoms with Crippen LogP contribution in [0.1, 0.15) is 19.7 Å². The summed E-state index contributed by atoms with van der Waals surface area (Å²) in [4.78, 5) is 16.3. The van der Waals surface area contributed by atoms with Gasteiger partial charge in [0.1, 0.15) is 11.2 Å². The van der Waals surface area contributed by atoms with Crippen LogP contribution in [0.2, 0.25) is 0 Å². The minimum atomic E-state index is -0.682. The fourth-order valence-electron chi connectivity index (χ4n) is 1.87. The number of aromatic nitrogens is 2. The lowest BCUT2D eigenvalue weighted by atomic mass is 10.1. The molecule has 0 spiro atoms. The molecule has 0 bridgehead atoms. The minimum Gasteiger partial charge on any atom is -0.451 e. The van der Waals surface area contributed by atoms with E-state index < -0.39 is 5.60 Å². The van der Waals surface area contributed by atoms with Gasteiger partial charge in [-0.05, 0) is 26.0 Å². The summed E-state index contributed by atoms with van der Waals surface area (Å²) in [6.07, 6.45) is 0. The summed E-state index contributed by atoms with van der Waals surface area (Å²) in [7, 11) is 1.56. The Morgan fingerprint density at radius 1 is 1.24 bits per heavy atom. The fourth-order valence-corrected chi connectivity index (χ4v) is 1.87. The molecule has 6 heteroatoms. The van der Waals surface area contributed by atoms with Gasteiger partial charge in [-0.25, -0.2) is 0 Å². The van der Waals surface area contributed by atoms with Gasteiger partial charge in [0.05, 0.1) is 5.39 Å². The number of benzene rings is 1. The largest absolute Gasteiger partial charge is 0.451 e. The maximum Gasteiger partial charge on any atom is 0.293 e. The lowest BCUT2D eigenvalue weighted by molar-refractivity contribution is 0.00973. The second-order valence-corrected chi connectivity index (χ2v) is 5.11. The van der Waals surface area contributed by atoms with Gasteiger partial charge in [-0.3, -0.25) is 4.79 Å². The maximum absolute atomic E-state index is 12.1. The van der Waals surface area contributed by atoms with E-state index in [1.54, 1.807) is 31.4 Å². The van der Waals surface area contributed by atoms with Crippen LogP contribution in [0.3, 0.4) is 0 Å². The highest BCUT2D eigenvalue weighted by Crippen LogP contribution is 2.25. The number of hydrogen-bond donors (Lipinski definition) is 0. The third-order valence-electron chi connectivity index (χ3n) is 3.32. The van der Waals surface area contributed by atoms with E-state index in [1.807, 2.05) is 13.8 Å². The minimum absolute atomic E-state index is 0.151. The Bertz CT molecular complexity index is 848. The van der Waals surface area contributed by atoms with Gasteiger partial charge >= 0.3 is 0 Å². The summed E-state index contributed by atoms with van der Waals surface area (Å²) in [5, 5.41) is 4.38. The monoisotopic (exact) mass is 286 g/mol. The van der Waals surface area contributed by atoms with Crippen LogP contribution in [0, 0.1) is 0 Å². The van der Waals surface area contributed by atoms with Crippen molar-refractivity contribution in [1.82, 2.24) is 10.1 Å². The summed E-state index contributed by atoms with van der Waals surface area (Å²) in [6, 6.07) is 8.35. The Hall–Kier alpha value is -2.47. The molecule has 0 amide bonds. The molecule has 108 valence electrons. The molecular formula is C15H14N2O4. The van der Waals surface area contributed by atoms with Gasteiger partial charge in [-0.1, -0.05) is 17.3 Å². The molecule has 1 aromatic carbocycles. The zero-order valence-electron chi connectivity index (χ0n) is 11.9. The first-order chi connectivity index (χ1) is 10.0. The highest BCUT2D eigenvalue weighted by molar-refractivity contribution is 5.77. The third-order valence-corrected chi connectivity index (χ3v) is 3.32. The quantitative estimate of drug-likeness (QED) is 0.736. The van der Waals surface area contributed by atoms with Crippen molar-refractivity contribution in [3.05, 3.63) is 46.4 Å². The molecule has 3 rings (SSSR count). The van der Waals surface area contributed by atoms with E-state index in [9.17, 15) is 4.79 Å². The molecule has 0 N–H and O–H groups in total. The van der Waals surface area contributed by atoms with Gasteiger partial charge < -0.3 is 13.7 Å². The zero-order chi connectivity index (χ0) is 15.0. The normalized spacial score (nSPS) is 12.0. The molecule has 0 aliphatic heterocycles. The molecule has 6 nitrogen and oxygen atoms in total. The number of ether oxygens (including phenoxy) is 1. The van der Waals surface area contributed by atoms with Crippen LogP contribution in [0.15, 0.2) is 44.1 Å². The predicted octanol–water partition coefficient (Wildman–Crippen LogP) is 2.72. The van der Waals surface area contributed by atoms with E-state index in [1.165, 1.54) is 6.07 Å². The highest BCUT2D eigenvalue weighted by Gasteiger charge is 2.27. The first kappa shape index (κ1) is 13.5. The van der Waals surface area contributed by atoms with Crippen molar-refractivity contribution in [2.24, 2.45) is 0 Å². The SMILES string of the molecule is COC(C)(C)c1noc(-c2cc(=O)c3ccccc3o2)n1. The Morgan fingerprint density at radius 3 is 2.76 bits per heavy atom. The number of rotatable bonds is 3. The molecule has 2 aromatic heterocycles. The number of nitrogens with zero attached hydrogens (tertiary/aromatic N) is 2. The van der Waals surface area contributed by atoms with Crippen LogP contribution in [0.5, 0.6) is 0 Å². The lowest BCUT2D eigenvalue weighted by Gasteiger charge is -2.17. The maximum atomic E-state index is 12.1. The molecule has 3 aromatic rings. The molecule has 0 fully saturated rings.